The zero-order valence-electron chi connectivity index (χ0n) is 11.3. The molecule has 1 aromatic heterocycles. The van der Waals surface area contributed by atoms with E-state index < -0.39 is 5.97 Å². The standard InChI is InChI=1S/C15H16FNO2S/c1-9(11-4-3-5-13(16)6-11)17-8-12-7-14(15(18)19)20-10(12)2/h3-7,9,17H,8H2,1-2H3,(H,18,19). The summed E-state index contributed by atoms with van der Waals surface area (Å²) in [6.07, 6.45) is 0. The van der Waals surface area contributed by atoms with Crippen molar-refractivity contribution in [3.63, 3.8) is 0 Å². The van der Waals surface area contributed by atoms with Crippen molar-refractivity contribution in [1.29, 1.82) is 0 Å². The molecule has 1 atom stereocenters. The number of aromatic carboxylic acids is 1. The second kappa shape index (κ2) is 6.15. The molecule has 2 rings (SSSR count). The van der Waals surface area contributed by atoms with Gasteiger partial charge >= 0.3 is 5.97 Å². The first-order valence-corrected chi connectivity index (χ1v) is 7.10. The number of aryl methyl sites for hydroxylation is 1. The molecule has 0 aliphatic carbocycles. The lowest BCUT2D eigenvalue weighted by atomic mass is 10.1. The van der Waals surface area contributed by atoms with Crippen LogP contribution < -0.4 is 5.32 Å². The van der Waals surface area contributed by atoms with Gasteiger partial charge in [0.25, 0.3) is 0 Å². The van der Waals surface area contributed by atoms with E-state index in [0.717, 1.165) is 16.0 Å². The van der Waals surface area contributed by atoms with Crippen LogP contribution in [0.25, 0.3) is 0 Å². The summed E-state index contributed by atoms with van der Waals surface area (Å²) in [5.41, 5.74) is 1.84. The number of hydrogen-bond donors (Lipinski definition) is 2. The Balaban J connectivity index is 2.03. The number of nitrogens with one attached hydrogen (secondary N) is 1. The average molecular weight is 293 g/mol. The highest BCUT2D eigenvalue weighted by Gasteiger charge is 2.12. The fourth-order valence-corrected chi connectivity index (χ4v) is 2.84. The second-order valence-corrected chi connectivity index (χ2v) is 5.91. The number of rotatable bonds is 5. The van der Waals surface area contributed by atoms with Crippen LogP contribution in [0.15, 0.2) is 30.3 Å². The predicted molar refractivity (Wildman–Crippen MR) is 77.7 cm³/mol. The summed E-state index contributed by atoms with van der Waals surface area (Å²) < 4.78 is 13.2. The van der Waals surface area contributed by atoms with E-state index in [1.165, 1.54) is 23.5 Å². The summed E-state index contributed by atoms with van der Waals surface area (Å²) in [7, 11) is 0. The summed E-state index contributed by atoms with van der Waals surface area (Å²) in [4.78, 5) is 12.2. The van der Waals surface area contributed by atoms with Gasteiger partial charge in [0, 0.05) is 17.5 Å². The van der Waals surface area contributed by atoms with Crippen LogP contribution >= 0.6 is 11.3 Å². The maximum Gasteiger partial charge on any atom is 0.345 e. The van der Waals surface area contributed by atoms with Crippen LogP contribution in [-0.4, -0.2) is 11.1 Å². The van der Waals surface area contributed by atoms with E-state index in [4.69, 9.17) is 5.11 Å². The first-order chi connectivity index (χ1) is 9.47. The van der Waals surface area contributed by atoms with Crippen LogP contribution in [0.5, 0.6) is 0 Å². The summed E-state index contributed by atoms with van der Waals surface area (Å²) in [6.45, 7) is 4.42. The lowest BCUT2D eigenvalue weighted by Crippen LogP contribution is -2.18. The van der Waals surface area contributed by atoms with Gasteiger partial charge in [-0.1, -0.05) is 12.1 Å². The molecule has 0 bridgehead atoms. The van der Waals surface area contributed by atoms with E-state index in [1.807, 2.05) is 19.9 Å². The Morgan fingerprint density at radius 2 is 2.20 bits per heavy atom. The van der Waals surface area contributed by atoms with E-state index in [1.54, 1.807) is 12.1 Å². The molecular formula is C15H16FNO2S. The molecule has 2 aromatic rings. The van der Waals surface area contributed by atoms with Gasteiger partial charge in [-0.2, -0.15) is 0 Å². The SMILES string of the molecule is Cc1sc(C(=O)O)cc1CNC(C)c1cccc(F)c1. The van der Waals surface area contributed by atoms with E-state index in [0.29, 0.717) is 11.4 Å². The van der Waals surface area contributed by atoms with Crippen molar-refractivity contribution in [3.8, 4) is 0 Å². The average Bonchev–Trinajstić information content (AvgIpc) is 2.77. The third kappa shape index (κ3) is 3.43. The van der Waals surface area contributed by atoms with Gasteiger partial charge in [-0.05, 0) is 43.2 Å². The predicted octanol–water partition coefficient (Wildman–Crippen LogP) is 3.74. The van der Waals surface area contributed by atoms with Gasteiger partial charge in [-0.15, -0.1) is 11.3 Å². The molecule has 0 saturated heterocycles. The zero-order chi connectivity index (χ0) is 14.7. The molecule has 3 nitrogen and oxygen atoms in total. The molecular weight excluding hydrogens is 277 g/mol. The number of halogens is 1. The topological polar surface area (TPSA) is 49.3 Å². The Kier molecular flexibility index (Phi) is 4.52. The quantitative estimate of drug-likeness (QED) is 0.882. The largest absolute Gasteiger partial charge is 0.477 e. The Hall–Kier alpha value is -1.72. The second-order valence-electron chi connectivity index (χ2n) is 4.65. The third-order valence-electron chi connectivity index (χ3n) is 3.18. The molecule has 5 heteroatoms. The summed E-state index contributed by atoms with van der Waals surface area (Å²) in [5.74, 6) is -1.15. The van der Waals surface area contributed by atoms with Crippen molar-refractivity contribution in [2.45, 2.75) is 26.4 Å². The highest BCUT2D eigenvalue weighted by molar-refractivity contribution is 7.14. The lowest BCUT2D eigenvalue weighted by Gasteiger charge is -2.14. The maximum absolute atomic E-state index is 13.2. The van der Waals surface area contributed by atoms with Crippen molar-refractivity contribution in [2.75, 3.05) is 0 Å². The number of thiophene rings is 1. The van der Waals surface area contributed by atoms with Gasteiger partial charge in [0.15, 0.2) is 0 Å². The molecule has 0 saturated carbocycles. The minimum Gasteiger partial charge on any atom is -0.477 e. The highest BCUT2D eigenvalue weighted by Crippen LogP contribution is 2.22. The van der Waals surface area contributed by atoms with Crippen LogP contribution in [0, 0.1) is 12.7 Å². The molecule has 0 fully saturated rings. The van der Waals surface area contributed by atoms with E-state index in [-0.39, 0.29) is 11.9 Å². The molecule has 0 radical (unpaired) electrons. The minimum absolute atomic E-state index is 0.00159. The zero-order valence-corrected chi connectivity index (χ0v) is 12.1. The highest BCUT2D eigenvalue weighted by atomic mass is 32.1. The summed E-state index contributed by atoms with van der Waals surface area (Å²) in [5, 5.41) is 12.2. The van der Waals surface area contributed by atoms with Crippen LogP contribution in [0.3, 0.4) is 0 Å². The molecule has 1 aromatic carbocycles. The molecule has 20 heavy (non-hydrogen) atoms. The van der Waals surface area contributed by atoms with Gasteiger partial charge < -0.3 is 10.4 Å². The van der Waals surface area contributed by atoms with Gasteiger partial charge in [0.2, 0.25) is 0 Å². The summed E-state index contributed by atoms with van der Waals surface area (Å²) >= 11 is 1.27. The molecule has 0 spiro atoms. The summed E-state index contributed by atoms with van der Waals surface area (Å²) in [6, 6.07) is 8.15. The van der Waals surface area contributed by atoms with Crippen molar-refractivity contribution >= 4 is 17.3 Å². The van der Waals surface area contributed by atoms with Crippen molar-refractivity contribution in [1.82, 2.24) is 5.32 Å². The van der Waals surface area contributed by atoms with Crippen LogP contribution in [0.2, 0.25) is 0 Å². The van der Waals surface area contributed by atoms with Crippen molar-refractivity contribution in [3.05, 3.63) is 57.0 Å². The van der Waals surface area contributed by atoms with Crippen LogP contribution in [0.1, 0.15) is 38.6 Å². The van der Waals surface area contributed by atoms with Crippen LogP contribution in [-0.2, 0) is 6.54 Å². The first kappa shape index (κ1) is 14.7. The fraction of sp³-hybridized carbons (Fsp3) is 0.267. The number of benzene rings is 1. The molecule has 106 valence electrons. The molecule has 2 N–H and O–H groups in total. The lowest BCUT2D eigenvalue weighted by molar-refractivity contribution is 0.0702. The monoisotopic (exact) mass is 293 g/mol. The Morgan fingerprint density at radius 3 is 2.80 bits per heavy atom. The molecule has 0 amide bonds. The van der Waals surface area contributed by atoms with Gasteiger partial charge in [-0.3, -0.25) is 0 Å². The van der Waals surface area contributed by atoms with E-state index in [9.17, 15) is 9.18 Å². The molecule has 1 heterocycles. The van der Waals surface area contributed by atoms with Gasteiger partial charge in [0.05, 0.1) is 0 Å². The van der Waals surface area contributed by atoms with Crippen LogP contribution in [0.4, 0.5) is 4.39 Å². The number of carboxylic acids is 1. The smallest absolute Gasteiger partial charge is 0.345 e. The minimum atomic E-state index is -0.900. The van der Waals surface area contributed by atoms with Gasteiger partial charge in [-0.25, -0.2) is 9.18 Å². The Labute approximate surface area is 121 Å². The number of carbonyl (C=O) groups is 1. The van der Waals surface area contributed by atoms with Crippen molar-refractivity contribution in [2.24, 2.45) is 0 Å². The third-order valence-corrected chi connectivity index (χ3v) is 4.26. The normalized spacial score (nSPS) is 12.3. The molecule has 0 aliphatic heterocycles. The van der Waals surface area contributed by atoms with E-state index >= 15 is 0 Å². The Morgan fingerprint density at radius 1 is 1.45 bits per heavy atom. The Bertz CT molecular complexity index is 624. The molecule has 0 aliphatic rings. The fourth-order valence-electron chi connectivity index (χ4n) is 1.96. The number of carboxylic acid groups (broad SMARTS) is 1. The molecule has 1 unspecified atom stereocenters. The van der Waals surface area contributed by atoms with Crippen molar-refractivity contribution < 1.29 is 14.3 Å². The first-order valence-electron chi connectivity index (χ1n) is 6.29. The van der Waals surface area contributed by atoms with Gasteiger partial charge in [0.1, 0.15) is 10.7 Å². The van der Waals surface area contributed by atoms with E-state index in [2.05, 4.69) is 5.32 Å². The maximum atomic E-state index is 13.2. The number of hydrogen-bond acceptors (Lipinski definition) is 3.